The monoisotopic (exact) mass is 241 g/mol. The van der Waals surface area contributed by atoms with Crippen molar-refractivity contribution in [2.75, 3.05) is 0 Å². The van der Waals surface area contributed by atoms with E-state index in [1.807, 2.05) is 0 Å². The van der Waals surface area contributed by atoms with E-state index in [9.17, 15) is 9.50 Å². The summed E-state index contributed by atoms with van der Waals surface area (Å²) in [7, 11) is 0. The molecular weight excluding hydrogens is 233 g/mol. The van der Waals surface area contributed by atoms with Crippen molar-refractivity contribution < 1.29 is 9.50 Å². The molecule has 0 fully saturated rings. The van der Waals surface area contributed by atoms with Gasteiger partial charge in [-0.25, -0.2) is 14.1 Å². The average molecular weight is 242 g/mol. The maximum Gasteiger partial charge on any atom is 0.254 e. The lowest BCUT2D eigenvalue weighted by molar-refractivity contribution is -0.111. The molecule has 1 aromatic carbocycles. The summed E-state index contributed by atoms with van der Waals surface area (Å²) in [5.74, 6) is -2.56. The second-order valence-electron chi connectivity index (χ2n) is 3.33. The standard InChI is InChI=1S/C10H9ClFN3O/c11-9-4-2-1-3-8(9)10(12,16)5-15-7-13-6-14-15/h1-4,6-7,16H,5H2. The highest BCUT2D eigenvalue weighted by Gasteiger charge is 2.31. The SMILES string of the molecule is OC(F)(Cn1cncn1)c1ccccc1Cl. The van der Waals surface area contributed by atoms with Crippen LogP contribution in [0.15, 0.2) is 36.9 Å². The van der Waals surface area contributed by atoms with E-state index in [0.29, 0.717) is 0 Å². The highest BCUT2D eigenvalue weighted by molar-refractivity contribution is 6.31. The number of hydrogen-bond acceptors (Lipinski definition) is 3. The molecule has 0 saturated heterocycles. The lowest BCUT2D eigenvalue weighted by atomic mass is 10.1. The molecule has 2 aromatic rings. The Balaban J connectivity index is 2.28. The first kappa shape index (κ1) is 11.0. The Bertz CT molecular complexity index is 473. The number of aliphatic hydroxyl groups is 1. The van der Waals surface area contributed by atoms with Crippen LogP contribution < -0.4 is 0 Å². The Kier molecular flexibility index (Phi) is 2.89. The minimum atomic E-state index is -2.56. The van der Waals surface area contributed by atoms with E-state index in [1.165, 1.54) is 29.5 Å². The fraction of sp³-hybridized carbons (Fsp3) is 0.200. The van der Waals surface area contributed by atoms with E-state index in [0.717, 1.165) is 0 Å². The molecule has 0 aliphatic heterocycles. The van der Waals surface area contributed by atoms with E-state index in [-0.39, 0.29) is 17.1 Å². The molecule has 2 rings (SSSR count). The van der Waals surface area contributed by atoms with Crippen molar-refractivity contribution in [3.8, 4) is 0 Å². The van der Waals surface area contributed by atoms with Gasteiger partial charge in [-0.3, -0.25) is 0 Å². The Labute approximate surface area is 96.3 Å². The van der Waals surface area contributed by atoms with Crippen LogP contribution in [0.3, 0.4) is 0 Å². The molecule has 1 aromatic heterocycles. The van der Waals surface area contributed by atoms with Crippen LogP contribution in [0.1, 0.15) is 5.56 Å². The minimum Gasteiger partial charge on any atom is -0.357 e. The first-order valence-electron chi connectivity index (χ1n) is 4.58. The molecule has 0 bridgehead atoms. The lowest BCUT2D eigenvalue weighted by Gasteiger charge is -2.20. The fourth-order valence-electron chi connectivity index (χ4n) is 1.39. The third kappa shape index (κ3) is 2.20. The predicted molar refractivity (Wildman–Crippen MR) is 56.5 cm³/mol. The van der Waals surface area contributed by atoms with Gasteiger partial charge in [-0.1, -0.05) is 29.8 Å². The molecular formula is C10H9ClFN3O. The van der Waals surface area contributed by atoms with Gasteiger partial charge < -0.3 is 5.11 Å². The van der Waals surface area contributed by atoms with Crippen LogP contribution in [-0.4, -0.2) is 19.9 Å². The molecule has 1 atom stereocenters. The van der Waals surface area contributed by atoms with Crippen molar-refractivity contribution in [3.05, 3.63) is 47.5 Å². The normalized spacial score (nSPS) is 14.7. The molecule has 1 N–H and O–H groups in total. The van der Waals surface area contributed by atoms with Crippen LogP contribution in [0.4, 0.5) is 4.39 Å². The van der Waals surface area contributed by atoms with Gasteiger partial charge in [0.2, 0.25) is 0 Å². The van der Waals surface area contributed by atoms with E-state index in [1.54, 1.807) is 12.1 Å². The molecule has 1 heterocycles. The van der Waals surface area contributed by atoms with Crippen LogP contribution in [-0.2, 0) is 12.4 Å². The number of halogens is 2. The highest BCUT2D eigenvalue weighted by Crippen LogP contribution is 2.30. The van der Waals surface area contributed by atoms with Crippen molar-refractivity contribution in [2.45, 2.75) is 12.4 Å². The summed E-state index contributed by atoms with van der Waals surface area (Å²) in [5, 5.41) is 13.6. The predicted octanol–water partition coefficient (Wildman–Crippen LogP) is 1.75. The lowest BCUT2D eigenvalue weighted by Crippen LogP contribution is -2.26. The van der Waals surface area contributed by atoms with Crippen LogP contribution in [0.25, 0.3) is 0 Å². The van der Waals surface area contributed by atoms with Gasteiger partial charge in [-0.2, -0.15) is 5.10 Å². The molecule has 0 radical (unpaired) electrons. The number of benzene rings is 1. The number of nitrogens with zero attached hydrogens (tertiary/aromatic N) is 3. The molecule has 0 spiro atoms. The van der Waals surface area contributed by atoms with Gasteiger partial charge in [0.05, 0.1) is 0 Å². The third-order valence-corrected chi connectivity index (χ3v) is 2.45. The maximum atomic E-state index is 14.0. The summed E-state index contributed by atoms with van der Waals surface area (Å²) in [6.45, 7) is -0.350. The summed E-state index contributed by atoms with van der Waals surface area (Å²) in [6.07, 6.45) is 2.59. The van der Waals surface area contributed by atoms with Crippen LogP contribution in [0.2, 0.25) is 5.02 Å². The second kappa shape index (κ2) is 4.19. The van der Waals surface area contributed by atoms with Crippen LogP contribution in [0.5, 0.6) is 0 Å². The smallest absolute Gasteiger partial charge is 0.254 e. The molecule has 16 heavy (non-hydrogen) atoms. The zero-order valence-electron chi connectivity index (χ0n) is 8.22. The first-order valence-corrected chi connectivity index (χ1v) is 4.96. The molecule has 0 aliphatic carbocycles. The summed E-state index contributed by atoms with van der Waals surface area (Å²) in [4.78, 5) is 3.66. The zero-order chi connectivity index (χ0) is 11.6. The summed E-state index contributed by atoms with van der Waals surface area (Å²) < 4.78 is 15.2. The average Bonchev–Trinajstić information content (AvgIpc) is 2.70. The molecule has 0 saturated carbocycles. The Morgan fingerprint density at radius 3 is 2.81 bits per heavy atom. The van der Waals surface area contributed by atoms with Crippen molar-refractivity contribution in [3.63, 3.8) is 0 Å². The summed E-state index contributed by atoms with van der Waals surface area (Å²) >= 11 is 5.80. The van der Waals surface area contributed by atoms with Crippen molar-refractivity contribution in [1.29, 1.82) is 0 Å². The summed E-state index contributed by atoms with van der Waals surface area (Å²) in [5.41, 5.74) is 0.0205. The number of hydrogen-bond donors (Lipinski definition) is 1. The van der Waals surface area contributed by atoms with Gasteiger partial charge in [0.25, 0.3) is 5.85 Å². The molecule has 4 nitrogen and oxygen atoms in total. The molecule has 6 heteroatoms. The second-order valence-corrected chi connectivity index (χ2v) is 3.74. The highest BCUT2D eigenvalue weighted by atomic mass is 35.5. The van der Waals surface area contributed by atoms with Crippen molar-refractivity contribution in [1.82, 2.24) is 14.8 Å². The van der Waals surface area contributed by atoms with Crippen LogP contribution >= 0.6 is 11.6 Å². The molecule has 84 valence electrons. The van der Waals surface area contributed by atoms with Gasteiger partial charge in [-0.15, -0.1) is 0 Å². The number of alkyl halides is 1. The zero-order valence-corrected chi connectivity index (χ0v) is 8.97. The van der Waals surface area contributed by atoms with E-state index < -0.39 is 5.85 Å². The molecule has 0 amide bonds. The quantitative estimate of drug-likeness (QED) is 0.891. The third-order valence-electron chi connectivity index (χ3n) is 2.12. The van der Waals surface area contributed by atoms with Crippen molar-refractivity contribution >= 4 is 11.6 Å². The van der Waals surface area contributed by atoms with Gasteiger partial charge >= 0.3 is 0 Å². The van der Waals surface area contributed by atoms with E-state index >= 15 is 0 Å². The Hall–Kier alpha value is -1.46. The Morgan fingerprint density at radius 1 is 1.44 bits per heavy atom. The minimum absolute atomic E-state index is 0.0205. The van der Waals surface area contributed by atoms with E-state index in [4.69, 9.17) is 11.6 Å². The summed E-state index contributed by atoms with van der Waals surface area (Å²) in [6, 6.07) is 6.21. The largest absolute Gasteiger partial charge is 0.357 e. The van der Waals surface area contributed by atoms with E-state index in [2.05, 4.69) is 10.1 Å². The van der Waals surface area contributed by atoms with Crippen LogP contribution in [0, 0.1) is 0 Å². The Morgan fingerprint density at radius 2 is 2.19 bits per heavy atom. The first-order chi connectivity index (χ1) is 7.59. The fourth-order valence-corrected chi connectivity index (χ4v) is 1.67. The topological polar surface area (TPSA) is 50.9 Å². The van der Waals surface area contributed by atoms with Gasteiger partial charge in [0, 0.05) is 10.6 Å². The number of rotatable bonds is 3. The maximum absolute atomic E-state index is 14.0. The molecule has 1 unspecified atom stereocenters. The van der Waals surface area contributed by atoms with Gasteiger partial charge in [0.1, 0.15) is 19.2 Å². The molecule has 0 aliphatic rings. The van der Waals surface area contributed by atoms with Crippen molar-refractivity contribution in [2.24, 2.45) is 0 Å². The van der Waals surface area contributed by atoms with Gasteiger partial charge in [0.15, 0.2) is 0 Å². The van der Waals surface area contributed by atoms with Gasteiger partial charge in [-0.05, 0) is 6.07 Å². The number of aromatic nitrogens is 3.